The lowest BCUT2D eigenvalue weighted by atomic mass is 9.99. The van der Waals surface area contributed by atoms with E-state index in [1.54, 1.807) is 0 Å². The number of hydrogen-bond acceptors (Lipinski definition) is 2. The van der Waals surface area contributed by atoms with Crippen molar-refractivity contribution < 1.29 is 4.74 Å². The van der Waals surface area contributed by atoms with Crippen LogP contribution in [0.15, 0.2) is 0 Å². The second-order valence-corrected chi connectivity index (χ2v) is 4.80. The molecule has 1 rings (SSSR count). The number of nitrogens with zero attached hydrogens (tertiary/aromatic N) is 1. The van der Waals surface area contributed by atoms with Gasteiger partial charge in [0.15, 0.2) is 0 Å². The quantitative estimate of drug-likeness (QED) is 0.631. The van der Waals surface area contributed by atoms with Crippen LogP contribution in [-0.2, 0) is 4.74 Å². The van der Waals surface area contributed by atoms with Gasteiger partial charge in [0.1, 0.15) is 0 Å². The predicted molar refractivity (Wildman–Crippen MR) is 60.5 cm³/mol. The van der Waals surface area contributed by atoms with Gasteiger partial charge in [-0.3, -0.25) is 0 Å². The van der Waals surface area contributed by atoms with Crippen molar-refractivity contribution in [3.8, 4) is 0 Å². The van der Waals surface area contributed by atoms with E-state index >= 15 is 0 Å². The van der Waals surface area contributed by atoms with Gasteiger partial charge in [-0.1, -0.05) is 6.92 Å². The number of ether oxygens (including phenoxy) is 1. The molecule has 0 aromatic heterocycles. The van der Waals surface area contributed by atoms with Gasteiger partial charge in [0, 0.05) is 13.2 Å². The van der Waals surface area contributed by atoms with E-state index in [9.17, 15) is 0 Å². The van der Waals surface area contributed by atoms with E-state index in [0.717, 1.165) is 12.5 Å². The molecule has 0 saturated carbocycles. The molecule has 0 aromatic rings. The highest BCUT2D eigenvalue weighted by molar-refractivity contribution is 4.68. The van der Waals surface area contributed by atoms with Gasteiger partial charge in [-0.25, -0.2) is 0 Å². The third-order valence-corrected chi connectivity index (χ3v) is 2.95. The molecular weight excluding hydrogens is 174 g/mol. The molecule has 0 atom stereocenters. The van der Waals surface area contributed by atoms with Gasteiger partial charge in [0.25, 0.3) is 0 Å². The summed E-state index contributed by atoms with van der Waals surface area (Å²) in [4.78, 5) is 2.57. The van der Waals surface area contributed by atoms with E-state index < -0.39 is 0 Å². The lowest BCUT2D eigenvalue weighted by Gasteiger charge is -2.30. The monoisotopic (exact) mass is 199 g/mol. The van der Waals surface area contributed by atoms with Crippen LogP contribution in [0.1, 0.15) is 40.0 Å². The Balaban J connectivity index is 1.96. The van der Waals surface area contributed by atoms with Crippen molar-refractivity contribution >= 4 is 0 Å². The number of hydrogen-bond donors (Lipinski definition) is 0. The molecule has 1 saturated heterocycles. The molecule has 0 spiro atoms. The summed E-state index contributed by atoms with van der Waals surface area (Å²) in [6.07, 6.45) is 4.33. The largest absolute Gasteiger partial charge is 0.379 e. The highest BCUT2D eigenvalue weighted by atomic mass is 16.5. The van der Waals surface area contributed by atoms with Crippen molar-refractivity contribution in [1.29, 1.82) is 0 Å². The third-order valence-electron chi connectivity index (χ3n) is 2.95. The smallest absolute Gasteiger partial charge is 0.0518 e. The minimum atomic E-state index is 0.386. The highest BCUT2D eigenvalue weighted by Crippen LogP contribution is 2.15. The molecule has 1 heterocycles. The maximum absolute atomic E-state index is 5.53. The second-order valence-electron chi connectivity index (χ2n) is 4.80. The molecule has 0 N–H and O–H groups in total. The van der Waals surface area contributed by atoms with Gasteiger partial charge in [-0.2, -0.15) is 0 Å². The third kappa shape index (κ3) is 4.97. The summed E-state index contributed by atoms with van der Waals surface area (Å²) in [5.74, 6) is 0.943. The van der Waals surface area contributed by atoms with E-state index in [1.165, 1.54) is 38.9 Å². The summed E-state index contributed by atoms with van der Waals surface area (Å²) in [5.41, 5.74) is 0. The van der Waals surface area contributed by atoms with Crippen molar-refractivity contribution in [3.05, 3.63) is 0 Å². The highest BCUT2D eigenvalue weighted by Gasteiger charge is 2.14. The zero-order chi connectivity index (χ0) is 10.4. The Hall–Kier alpha value is -0.0800. The van der Waals surface area contributed by atoms with E-state index in [2.05, 4.69) is 25.7 Å². The SMILES string of the molecule is CC1CCN(CCCOC(C)C)CC1. The second kappa shape index (κ2) is 6.41. The molecule has 0 aliphatic carbocycles. The standard InChI is InChI=1S/C12H25NO/c1-11(2)14-10-4-7-13-8-5-12(3)6-9-13/h11-12H,4-10H2,1-3H3. The van der Waals surface area contributed by atoms with Gasteiger partial charge >= 0.3 is 0 Å². The summed E-state index contributed by atoms with van der Waals surface area (Å²) in [7, 11) is 0. The van der Waals surface area contributed by atoms with Crippen LogP contribution >= 0.6 is 0 Å². The Kier molecular flexibility index (Phi) is 5.49. The molecule has 0 unspecified atom stereocenters. The lowest BCUT2D eigenvalue weighted by molar-refractivity contribution is 0.0676. The van der Waals surface area contributed by atoms with Crippen molar-refractivity contribution in [3.63, 3.8) is 0 Å². The Labute approximate surface area is 88.6 Å². The van der Waals surface area contributed by atoms with Crippen LogP contribution in [0.25, 0.3) is 0 Å². The minimum Gasteiger partial charge on any atom is -0.379 e. The summed E-state index contributed by atoms with van der Waals surface area (Å²) in [6, 6.07) is 0. The predicted octanol–water partition coefficient (Wildman–Crippen LogP) is 2.53. The first-order valence-corrected chi connectivity index (χ1v) is 6.02. The van der Waals surface area contributed by atoms with Crippen LogP contribution in [-0.4, -0.2) is 37.2 Å². The van der Waals surface area contributed by atoms with Crippen LogP contribution in [0.3, 0.4) is 0 Å². The van der Waals surface area contributed by atoms with E-state index in [1.807, 2.05) is 0 Å². The molecule has 2 nitrogen and oxygen atoms in total. The van der Waals surface area contributed by atoms with Crippen molar-refractivity contribution in [2.24, 2.45) is 5.92 Å². The molecule has 14 heavy (non-hydrogen) atoms. The maximum Gasteiger partial charge on any atom is 0.0518 e. The zero-order valence-corrected chi connectivity index (χ0v) is 9.96. The van der Waals surface area contributed by atoms with Gasteiger partial charge in [-0.05, 0) is 52.1 Å². The Morgan fingerprint density at radius 3 is 2.50 bits per heavy atom. The minimum absolute atomic E-state index is 0.386. The first-order chi connectivity index (χ1) is 6.68. The molecule has 0 aromatic carbocycles. The van der Waals surface area contributed by atoms with Crippen LogP contribution in [0.4, 0.5) is 0 Å². The fourth-order valence-corrected chi connectivity index (χ4v) is 1.89. The Bertz CT molecular complexity index is 139. The van der Waals surface area contributed by atoms with E-state index in [-0.39, 0.29) is 0 Å². The Morgan fingerprint density at radius 1 is 1.29 bits per heavy atom. The number of likely N-dealkylation sites (tertiary alicyclic amines) is 1. The summed E-state index contributed by atoms with van der Waals surface area (Å²) in [6.45, 7) is 11.3. The molecule has 0 amide bonds. The maximum atomic E-state index is 5.53. The molecule has 0 bridgehead atoms. The normalized spacial score (nSPS) is 20.6. The molecule has 1 aliphatic rings. The fraction of sp³-hybridized carbons (Fsp3) is 1.00. The fourth-order valence-electron chi connectivity index (χ4n) is 1.89. The molecular formula is C12H25NO. The number of piperidine rings is 1. The molecule has 2 heteroatoms. The van der Waals surface area contributed by atoms with E-state index in [4.69, 9.17) is 4.74 Å². The van der Waals surface area contributed by atoms with Crippen LogP contribution < -0.4 is 0 Å². The molecule has 1 fully saturated rings. The van der Waals surface area contributed by atoms with E-state index in [0.29, 0.717) is 6.10 Å². The van der Waals surface area contributed by atoms with Gasteiger partial charge < -0.3 is 9.64 Å². The van der Waals surface area contributed by atoms with Crippen LogP contribution in [0, 0.1) is 5.92 Å². The summed E-state index contributed by atoms with van der Waals surface area (Å²) >= 11 is 0. The lowest BCUT2D eigenvalue weighted by Crippen LogP contribution is -2.34. The first kappa shape index (κ1) is 12.0. The van der Waals surface area contributed by atoms with Crippen molar-refractivity contribution in [2.75, 3.05) is 26.2 Å². The van der Waals surface area contributed by atoms with Gasteiger partial charge in [0.2, 0.25) is 0 Å². The van der Waals surface area contributed by atoms with Crippen LogP contribution in [0.5, 0.6) is 0 Å². The topological polar surface area (TPSA) is 12.5 Å². The summed E-state index contributed by atoms with van der Waals surface area (Å²) < 4.78 is 5.53. The molecule has 0 radical (unpaired) electrons. The van der Waals surface area contributed by atoms with Gasteiger partial charge in [0.05, 0.1) is 6.10 Å². The number of rotatable bonds is 5. The molecule has 84 valence electrons. The van der Waals surface area contributed by atoms with Crippen molar-refractivity contribution in [2.45, 2.75) is 46.1 Å². The average Bonchev–Trinajstić information content (AvgIpc) is 2.15. The molecule has 1 aliphatic heterocycles. The van der Waals surface area contributed by atoms with Gasteiger partial charge in [-0.15, -0.1) is 0 Å². The van der Waals surface area contributed by atoms with Crippen LogP contribution in [0.2, 0.25) is 0 Å². The zero-order valence-electron chi connectivity index (χ0n) is 9.96. The van der Waals surface area contributed by atoms with Crippen molar-refractivity contribution in [1.82, 2.24) is 4.90 Å². The average molecular weight is 199 g/mol. The summed E-state index contributed by atoms with van der Waals surface area (Å²) in [5, 5.41) is 0. The first-order valence-electron chi connectivity index (χ1n) is 6.02. The Morgan fingerprint density at radius 2 is 1.93 bits per heavy atom.